The fraction of sp³-hybridized carbons (Fsp3) is 0.316. The number of sulfonamides is 1. The van der Waals surface area contributed by atoms with E-state index in [0.717, 1.165) is 5.56 Å². The average molecular weight is 426 g/mol. The summed E-state index contributed by atoms with van der Waals surface area (Å²) < 4.78 is 56.4. The van der Waals surface area contributed by atoms with Crippen molar-refractivity contribution in [3.63, 3.8) is 0 Å². The number of ether oxygens (including phenoxy) is 1. The van der Waals surface area contributed by atoms with E-state index in [4.69, 9.17) is 0 Å². The number of guanidine groups is 1. The first-order valence-electron chi connectivity index (χ1n) is 8.85. The molecule has 10 heteroatoms. The molecule has 0 aliphatic carbocycles. The molecular formula is C19H24F2N4O3S. The van der Waals surface area contributed by atoms with Crippen LogP contribution in [0.4, 0.5) is 8.78 Å². The SMILES string of the molecule is CN=C(NCCNS(=O)(=O)c1ccccc1)NCc1cc(C)ccc1OC(F)F. The number of aryl methyl sites for hydroxylation is 1. The molecule has 7 nitrogen and oxygen atoms in total. The van der Waals surface area contributed by atoms with E-state index in [-0.39, 0.29) is 30.3 Å². The number of nitrogens with zero attached hydrogens (tertiary/aromatic N) is 1. The van der Waals surface area contributed by atoms with Crippen LogP contribution in [0.1, 0.15) is 11.1 Å². The van der Waals surface area contributed by atoms with Gasteiger partial charge in [0.2, 0.25) is 10.0 Å². The minimum atomic E-state index is -3.58. The molecule has 29 heavy (non-hydrogen) atoms. The van der Waals surface area contributed by atoms with Crippen molar-refractivity contribution >= 4 is 16.0 Å². The van der Waals surface area contributed by atoms with E-state index in [1.807, 2.05) is 6.92 Å². The van der Waals surface area contributed by atoms with Crippen LogP contribution in [0.2, 0.25) is 0 Å². The third kappa shape index (κ3) is 7.31. The maximum atomic E-state index is 12.6. The minimum Gasteiger partial charge on any atom is -0.434 e. The van der Waals surface area contributed by atoms with Crippen molar-refractivity contribution in [3.8, 4) is 5.75 Å². The zero-order valence-corrected chi connectivity index (χ0v) is 17.0. The van der Waals surface area contributed by atoms with Crippen molar-refractivity contribution in [2.75, 3.05) is 20.1 Å². The zero-order chi connectivity index (χ0) is 21.3. The van der Waals surface area contributed by atoms with E-state index >= 15 is 0 Å². The molecule has 158 valence electrons. The third-order valence-corrected chi connectivity index (χ3v) is 5.34. The van der Waals surface area contributed by atoms with Gasteiger partial charge in [0.1, 0.15) is 5.75 Å². The van der Waals surface area contributed by atoms with Gasteiger partial charge in [0.15, 0.2) is 5.96 Å². The van der Waals surface area contributed by atoms with Gasteiger partial charge in [0, 0.05) is 32.2 Å². The average Bonchev–Trinajstić information content (AvgIpc) is 2.69. The van der Waals surface area contributed by atoms with Gasteiger partial charge in [0.05, 0.1) is 4.90 Å². The molecule has 0 unspecified atom stereocenters. The molecule has 2 aromatic rings. The van der Waals surface area contributed by atoms with Gasteiger partial charge in [-0.2, -0.15) is 8.78 Å². The first-order chi connectivity index (χ1) is 13.8. The normalized spacial score (nSPS) is 12.1. The topological polar surface area (TPSA) is 91.8 Å². The molecule has 2 rings (SSSR count). The van der Waals surface area contributed by atoms with E-state index in [0.29, 0.717) is 11.5 Å². The van der Waals surface area contributed by atoms with Gasteiger partial charge in [-0.05, 0) is 25.1 Å². The Labute approximate surface area is 169 Å². The van der Waals surface area contributed by atoms with Crippen LogP contribution >= 0.6 is 0 Å². The van der Waals surface area contributed by atoms with Gasteiger partial charge >= 0.3 is 6.61 Å². The van der Waals surface area contributed by atoms with E-state index < -0.39 is 16.6 Å². The molecule has 0 aliphatic heterocycles. The molecule has 0 heterocycles. The second-order valence-corrected chi connectivity index (χ2v) is 7.82. The van der Waals surface area contributed by atoms with Crippen LogP contribution in [0.5, 0.6) is 5.75 Å². The van der Waals surface area contributed by atoms with Gasteiger partial charge < -0.3 is 15.4 Å². The Morgan fingerprint density at radius 2 is 1.83 bits per heavy atom. The predicted octanol–water partition coefficient (Wildman–Crippen LogP) is 2.24. The monoisotopic (exact) mass is 426 g/mol. The van der Waals surface area contributed by atoms with Crippen molar-refractivity contribution < 1.29 is 21.9 Å². The number of alkyl halides is 2. The maximum Gasteiger partial charge on any atom is 0.387 e. The highest BCUT2D eigenvalue weighted by Crippen LogP contribution is 2.21. The lowest BCUT2D eigenvalue weighted by Crippen LogP contribution is -2.41. The number of hydrogen-bond donors (Lipinski definition) is 3. The first-order valence-corrected chi connectivity index (χ1v) is 10.3. The number of halogens is 2. The molecule has 0 saturated heterocycles. The molecule has 0 saturated carbocycles. The van der Waals surface area contributed by atoms with Gasteiger partial charge in [-0.25, -0.2) is 13.1 Å². The van der Waals surface area contributed by atoms with Crippen LogP contribution in [0.25, 0.3) is 0 Å². The molecule has 0 aliphatic rings. The fourth-order valence-corrected chi connectivity index (χ4v) is 3.56. The fourth-order valence-electron chi connectivity index (χ4n) is 2.51. The molecule has 2 aromatic carbocycles. The Balaban J connectivity index is 1.85. The lowest BCUT2D eigenvalue weighted by atomic mass is 10.1. The minimum absolute atomic E-state index is 0.0872. The summed E-state index contributed by atoms with van der Waals surface area (Å²) in [5.74, 6) is 0.484. The summed E-state index contributed by atoms with van der Waals surface area (Å²) in [5, 5.41) is 5.95. The highest BCUT2D eigenvalue weighted by Gasteiger charge is 2.13. The summed E-state index contributed by atoms with van der Waals surface area (Å²) in [6.07, 6.45) is 0. The Kier molecular flexibility index (Phi) is 8.34. The lowest BCUT2D eigenvalue weighted by Gasteiger charge is -2.15. The molecule has 0 spiro atoms. The molecule has 0 atom stereocenters. The van der Waals surface area contributed by atoms with Gasteiger partial charge in [-0.15, -0.1) is 0 Å². The number of hydrogen-bond acceptors (Lipinski definition) is 4. The second-order valence-electron chi connectivity index (χ2n) is 6.05. The van der Waals surface area contributed by atoms with Crippen LogP contribution in [0.3, 0.4) is 0 Å². The van der Waals surface area contributed by atoms with Crippen molar-refractivity contribution in [2.24, 2.45) is 4.99 Å². The Bertz CT molecular complexity index is 922. The molecule has 0 aromatic heterocycles. The summed E-state index contributed by atoms with van der Waals surface area (Å²) in [5.41, 5.74) is 1.46. The number of rotatable bonds is 9. The Morgan fingerprint density at radius 1 is 1.10 bits per heavy atom. The number of aliphatic imine (C=N–C) groups is 1. The molecule has 0 radical (unpaired) electrons. The van der Waals surface area contributed by atoms with Crippen LogP contribution in [-0.4, -0.2) is 41.1 Å². The standard InChI is InChI=1S/C19H24F2N4O3S/c1-14-8-9-17(28-18(20)21)15(12-14)13-24-19(22-2)23-10-11-25-29(26,27)16-6-4-3-5-7-16/h3-9,12,18,25H,10-11,13H2,1-2H3,(H2,22,23,24). The molecular weight excluding hydrogens is 402 g/mol. The Hall–Kier alpha value is -2.72. The highest BCUT2D eigenvalue weighted by molar-refractivity contribution is 7.89. The summed E-state index contributed by atoms with van der Waals surface area (Å²) >= 11 is 0. The maximum absolute atomic E-state index is 12.6. The zero-order valence-electron chi connectivity index (χ0n) is 16.2. The molecule has 0 fully saturated rings. The predicted molar refractivity (Wildman–Crippen MR) is 108 cm³/mol. The molecule has 0 bridgehead atoms. The van der Waals surface area contributed by atoms with Gasteiger partial charge in [0.25, 0.3) is 0 Å². The summed E-state index contributed by atoms with van der Waals surface area (Å²) in [7, 11) is -2.03. The number of benzene rings is 2. The smallest absolute Gasteiger partial charge is 0.387 e. The van der Waals surface area contributed by atoms with Crippen LogP contribution in [0.15, 0.2) is 58.4 Å². The summed E-state index contributed by atoms with van der Waals surface area (Å²) in [6, 6.07) is 13.0. The summed E-state index contributed by atoms with van der Waals surface area (Å²) in [4.78, 5) is 4.22. The molecule has 0 amide bonds. The van der Waals surface area contributed by atoms with E-state index in [2.05, 4.69) is 25.1 Å². The van der Waals surface area contributed by atoms with Crippen LogP contribution < -0.4 is 20.1 Å². The van der Waals surface area contributed by atoms with Crippen molar-refractivity contribution in [1.82, 2.24) is 15.4 Å². The quantitative estimate of drug-likeness (QED) is 0.325. The van der Waals surface area contributed by atoms with E-state index in [9.17, 15) is 17.2 Å². The third-order valence-electron chi connectivity index (χ3n) is 3.86. The second kappa shape index (κ2) is 10.7. The van der Waals surface area contributed by atoms with Crippen molar-refractivity contribution in [1.29, 1.82) is 0 Å². The van der Waals surface area contributed by atoms with Crippen LogP contribution in [0, 0.1) is 6.92 Å². The van der Waals surface area contributed by atoms with Crippen molar-refractivity contribution in [2.45, 2.75) is 25.0 Å². The highest BCUT2D eigenvalue weighted by atomic mass is 32.2. The van der Waals surface area contributed by atoms with Crippen LogP contribution in [-0.2, 0) is 16.6 Å². The lowest BCUT2D eigenvalue weighted by molar-refractivity contribution is -0.0504. The van der Waals surface area contributed by atoms with E-state index in [1.54, 1.807) is 37.4 Å². The molecule has 3 N–H and O–H groups in total. The van der Waals surface area contributed by atoms with E-state index in [1.165, 1.54) is 18.2 Å². The number of nitrogens with one attached hydrogen (secondary N) is 3. The Morgan fingerprint density at radius 3 is 2.48 bits per heavy atom. The van der Waals surface area contributed by atoms with Gasteiger partial charge in [-0.3, -0.25) is 4.99 Å². The largest absolute Gasteiger partial charge is 0.434 e. The van der Waals surface area contributed by atoms with Crippen molar-refractivity contribution in [3.05, 3.63) is 59.7 Å². The first kappa shape index (κ1) is 22.6. The van der Waals surface area contributed by atoms with Gasteiger partial charge in [-0.1, -0.05) is 35.9 Å². The summed E-state index contributed by atoms with van der Waals surface area (Å²) in [6.45, 7) is -0.436.